The van der Waals surface area contributed by atoms with Crippen LogP contribution < -0.4 is 5.73 Å². The smallest absolute Gasteiger partial charge is 0.131 e. The van der Waals surface area contributed by atoms with Crippen molar-refractivity contribution in [2.24, 2.45) is 5.73 Å². The molecule has 2 aromatic heterocycles. The third kappa shape index (κ3) is 2.11. The fourth-order valence-electron chi connectivity index (χ4n) is 2.01. The maximum absolute atomic E-state index is 13.7. The molecule has 0 amide bonds. The molecule has 0 aliphatic heterocycles. The van der Waals surface area contributed by atoms with Gasteiger partial charge in [-0.1, -0.05) is 6.07 Å². The van der Waals surface area contributed by atoms with Crippen LogP contribution in [0.25, 0.3) is 10.2 Å². The summed E-state index contributed by atoms with van der Waals surface area (Å²) in [5, 5.41) is 1.91. The van der Waals surface area contributed by atoms with Gasteiger partial charge in [0, 0.05) is 11.8 Å². The van der Waals surface area contributed by atoms with Gasteiger partial charge in [0.25, 0.3) is 0 Å². The van der Waals surface area contributed by atoms with Gasteiger partial charge in [0.15, 0.2) is 0 Å². The van der Waals surface area contributed by atoms with Gasteiger partial charge in [-0.3, -0.25) is 4.98 Å². The highest BCUT2D eigenvalue weighted by molar-refractivity contribution is 7.17. The number of halogens is 2. The Morgan fingerprint density at radius 3 is 2.63 bits per heavy atom. The lowest BCUT2D eigenvalue weighted by Gasteiger charge is -2.14. The second-order valence-corrected chi connectivity index (χ2v) is 5.13. The lowest BCUT2D eigenvalue weighted by molar-refractivity contribution is 0.543. The van der Waals surface area contributed by atoms with Crippen molar-refractivity contribution in [3.05, 3.63) is 64.7 Å². The second kappa shape index (κ2) is 4.68. The molecule has 96 valence electrons. The highest BCUT2D eigenvalue weighted by atomic mass is 32.1. The molecule has 0 fully saturated rings. The number of thiophene rings is 1. The van der Waals surface area contributed by atoms with Crippen LogP contribution in [-0.4, -0.2) is 4.98 Å². The van der Waals surface area contributed by atoms with Crippen molar-refractivity contribution in [3.8, 4) is 0 Å². The molecule has 5 heteroatoms. The zero-order valence-electron chi connectivity index (χ0n) is 9.81. The number of fused-ring (bicyclic) bond motifs is 1. The highest BCUT2D eigenvalue weighted by Crippen LogP contribution is 2.27. The molecule has 2 nitrogen and oxygen atoms in total. The van der Waals surface area contributed by atoms with E-state index in [1.54, 1.807) is 6.20 Å². The third-order valence-electron chi connectivity index (χ3n) is 2.99. The van der Waals surface area contributed by atoms with Crippen molar-refractivity contribution < 1.29 is 8.78 Å². The van der Waals surface area contributed by atoms with E-state index in [1.807, 2.05) is 17.5 Å². The quantitative estimate of drug-likeness (QED) is 0.776. The summed E-state index contributed by atoms with van der Waals surface area (Å²) >= 11 is 1.52. The zero-order valence-corrected chi connectivity index (χ0v) is 10.6. The standard InChI is InChI=1S/C14H10F2N2S/c15-9-2-1-3-10(16)13(9)14(17)8-6-12-11(18-7-8)4-5-19-12/h1-7,14H,17H2. The Balaban J connectivity index is 2.10. The first-order valence-corrected chi connectivity index (χ1v) is 6.57. The minimum Gasteiger partial charge on any atom is -0.320 e. The molecule has 0 saturated carbocycles. The van der Waals surface area contributed by atoms with Crippen LogP contribution in [0.2, 0.25) is 0 Å². The van der Waals surface area contributed by atoms with E-state index < -0.39 is 17.7 Å². The molecule has 0 aliphatic rings. The van der Waals surface area contributed by atoms with Crippen LogP contribution in [0, 0.1) is 11.6 Å². The van der Waals surface area contributed by atoms with Crippen LogP contribution in [-0.2, 0) is 0 Å². The Hall–Kier alpha value is -1.85. The van der Waals surface area contributed by atoms with E-state index in [1.165, 1.54) is 29.5 Å². The first-order chi connectivity index (χ1) is 9.16. The van der Waals surface area contributed by atoms with E-state index in [2.05, 4.69) is 4.98 Å². The molecule has 0 aliphatic carbocycles. The first kappa shape index (κ1) is 12.2. The Bertz CT molecular complexity index is 719. The maximum Gasteiger partial charge on any atom is 0.131 e. The molecule has 3 aromatic rings. The summed E-state index contributed by atoms with van der Waals surface area (Å²) in [5.41, 5.74) is 7.29. The number of hydrogen-bond acceptors (Lipinski definition) is 3. The molecule has 0 saturated heterocycles. The number of nitrogens with two attached hydrogens (primary N) is 1. The average molecular weight is 276 g/mol. The van der Waals surface area contributed by atoms with E-state index in [0.29, 0.717) is 5.56 Å². The van der Waals surface area contributed by atoms with Gasteiger partial charge in [0.1, 0.15) is 11.6 Å². The van der Waals surface area contributed by atoms with Gasteiger partial charge in [-0.2, -0.15) is 0 Å². The molecule has 2 N–H and O–H groups in total. The largest absolute Gasteiger partial charge is 0.320 e. The van der Waals surface area contributed by atoms with E-state index in [4.69, 9.17) is 5.73 Å². The topological polar surface area (TPSA) is 38.9 Å². The molecule has 19 heavy (non-hydrogen) atoms. The number of hydrogen-bond donors (Lipinski definition) is 1. The summed E-state index contributed by atoms with van der Waals surface area (Å²) in [4.78, 5) is 4.23. The fourth-order valence-corrected chi connectivity index (χ4v) is 2.80. The summed E-state index contributed by atoms with van der Waals surface area (Å²) in [6.45, 7) is 0. The molecule has 0 spiro atoms. The Labute approximate surface area is 112 Å². The van der Waals surface area contributed by atoms with Crippen molar-refractivity contribution in [1.82, 2.24) is 4.98 Å². The predicted octanol–water partition coefficient (Wildman–Crippen LogP) is 3.62. The van der Waals surface area contributed by atoms with Crippen LogP contribution >= 0.6 is 11.3 Å². The lowest BCUT2D eigenvalue weighted by atomic mass is 10.00. The summed E-state index contributed by atoms with van der Waals surface area (Å²) in [6.07, 6.45) is 1.56. The van der Waals surface area contributed by atoms with E-state index in [-0.39, 0.29) is 5.56 Å². The number of benzene rings is 1. The fraction of sp³-hybridized carbons (Fsp3) is 0.0714. The van der Waals surface area contributed by atoms with Crippen molar-refractivity contribution in [3.63, 3.8) is 0 Å². The molecular formula is C14H10F2N2S. The van der Waals surface area contributed by atoms with Gasteiger partial charge in [-0.05, 0) is 35.2 Å². The van der Waals surface area contributed by atoms with Gasteiger partial charge in [0.05, 0.1) is 16.3 Å². The SMILES string of the molecule is NC(c1cnc2ccsc2c1)c1c(F)cccc1F. The summed E-state index contributed by atoms with van der Waals surface area (Å²) in [7, 11) is 0. The number of pyridine rings is 1. The van der Waals surface area contributed by atoms with Gasteiger partial charge in [-0.25, -0.2) is 8.78 Å². The second-order valence-electron chi connectivity index (χ2n) is 4.19. The average Bonchev–Trinajstić information content (AvgIpc) is 2.85. The van der Waals surface area contributed by atoms with Gasteiger partial charge in [-0.15, -0.1) is 11.3 Å². The Kier molecular flexibility index (Phi) is 3.00. The molecule has 0 radical (unpaired) electrons. The molecule has 3 rings (SSSR count). The summed E-state index contributed by atoms with van der Waals surface area (Å²) in [6, 6.07) is 6.58. The van der Waals surface area contributed by atoms with Gasteiger partial charge < -0.3 is 5.73 Å². The highest BCUT2D eigenvalue weighted by Gasteiger charge is 2.18. The van der Waals surface area contributed by atoms with E-state index >= 15 is 0 Å². The number of aromatic nitrogens is 1. The van der Waals surface area contributed by atoms with Crippen LogP contribution in [0.3, 0.4) is 0 Å². The van der Waals surface area contributed by atoms with Crippen molar-refractivity contribution >= 4 is 21.6 Å². The summed E-state index contributed by atoms with van der Waals surface area (Å²) < 4.78 is 28.4. The lowest BCUT2D eigenvalue weighted by Crippen LogP contribution is -2.15. The minimum absolute atomic E-state index is 0.125. The molecular weight excluding hydrogens is 266 g/mol. The Morgan fingerprint density at radius 1 is 1.16 bits per heavy atom. The van der Waals surface area contributed by atoms with Gasteiger partial charge in [0.2, 0.25) is 0 Å². The molecule has 1 aromatic carbocycles. The zero-order chi connectivity index (χ0) is 13.4. The monoisotopic (exact) mass is 276 g/mol. The maximum atomic E-state index is 13.7. The predicted molar refractivity (Wildman–Crippen MR) is 72.0 cm³/mol. The third-order valence-corrected chi connectivity index (χ3v) is 3.85. The van der Waals surface area contributed by atoms with Crippen LogP contribution in [0.1, 0.15) is 17.2 Å². The van der Waals surface area contributed by atoms with Crippen molar-refractivity contribution in [2.75, 3.05) is 0 Å². The number of rotatable bonds is 2. The van der Waals surface area contributed by atoms with Gasteiger partial charge >= 0.3 is 0 Å². The first-order valence-electron chi connectivity index (χ1n) is 5.69. The molecule has 1 unspecified atom stereocenters. The molecule has 0 bridgehead atoms. The van der Waals surface area contributed by atoms with E-state index in [0.717, 1.165) is 10.2 Å². The van der Waals surface area contributed by atoms with E-state index in [9.17, 15) is 8.78 Å². The molecule has 1 atom stereocenters. The minimum atomic E-state index is -0.861. The normalized spacial score (nSPS) is 12.8. The number of nitrogens with zero attached hydrogens (tertiary/aromatic N) is 1. The summed E-state index contributed by atoms with van der Waals surface area (Å²) in [5.74, 6) is -1.28. The van der Waals surface area contributed by atoms with Crippen molar-refractivity contribution in [1.29, 1.82) is 0 Å². The van der Waals surface area contributed by atoms with Crippen LogP contribution in [0.15, 0.2) is 41.9 Å². The molecule has 2 heterocycles. The van der Waals surface area contributed by atoms with Crippen LogP contribution in [0.4, 0.5) is 8.78 Å². The van der Waals surface area contributed by atoms with Crippen LogP contribution in [0.5, 0.6) is 0 Å². The Morgan fingerprint density at radius 2 is 1.89 bits per heavy atom. The van der Waals surface area contributed by atoms with Crippen molar-refractivity contribution in [2.45, 2.75) is 6.04 Å².